The number of hydrogen-bond acceptors (Lipinski definition) is 5. The van der Waals surface area contributed by atoms with Crippen LogP contribution in [0, 0.1) is 10.1 Å². The number of non-ortho nitro benzene ring substituents is 1. The smallest absolute Gasteiger partial charge is 0.270 e. The number of nitro benzene ring substituents is 1. The minimum atomic E-state index is -0.939. The van der Waals surface area contributed by atoms with E-state index in [1.54, 1.807) is 0 Å². The van der Waals surface area contributed by atoms with Gasteiger partial charge in [-0.15, -0.1) is 0 Å². The molecule has 21 heavy (non-hydrogen) atoms. The Bertz CT molecular complexity index is 535. The van der Waals surface area contributed by atoms with Crippen LogP contribution in [0.15, 0.2) is 18.2 Å². The molecule has 7 nitrogen and oxygen atoms in total. The Balaban J connectivity index is 2.84. The first-order chi connectivity index (χ1) is 9.60. The Hall–Kier alpha value is -2.15. The average Bonchev–Trinajstić information content (AvgIpc) is 2.33. The highest BCUT2D eigenvalue weighted by Crippen LogP contribution is 2.29. The fourth-order valence-electron chi connectivity index (χ4n) is 1.70. The first-order valence-corrected chi connectivity index (χ1v) is 6.50. The summed E-state index contributed by atoms with van der Waals surface area (Å²) in [5.74, 6) is -0.0583. The van der Waals surface area contributed by atoms with Gasteiger partial charge in [-0.1, -0.05) is 0 Å². The highest BCUT2D eigenvalue weighted by molar-refractivity contribution is 5.78. The lowest BCUT2D eigenvalue weighted by atomic mass is 10.1. The molecule has 0 spiro atoms. The molecule has 0 aliphatic heterocycles. The van der Waals surface area contributed by atoms with Crippen LogP contribution in [0.2, 0.25) is 0 Å². The summed E-state index contributed by atoms with van der Waals surface area (Å²) in [4.78, 5) is 21.9. The summed E-state index contributed by atoms with van der Waals surface area (Å²) in [5.41, 5.74) is -0.242. The molecule has 7 heteroatoms. The third kappa shape index (κ3) is 5.39. The second-order valence-corrected chi connectivity index (χ2v) is 5.74. The van der Waals surface area contributed by atoms with E-state index in [1.165, 1.54) is 25.1 Å². The van der Waals surface area contributed by atoms with Crippen molar-refractivity contribution in [2.75, 3.05) is 6.61 Å². The van der Waals surface area contributed by atoms with Crippen LogP contribution in [0.4, 0.5) is 5.69 Å². The number of carbonyl (C=O) groups excluding carboxylic acids is 1. The van der Waals surface area contributed by atoms with E-state index in [1.807, 2.05) is 20.8 Å². The van der Waals surface area contributed by atoms with Gasteiger partial charge in [-0.05, 0) is 33.8 Å². The fraction of sp³-hybridized carbons (Fsp3) is 0.500. The molecular weight excluding hydrogens is 276 g/mol. The average molecular weight is 296 g/mol. The largest absolute Gasteiger partial charge is 0.483 e. The van der Waals surface area contributed by atoms with Gasteiger partial charge in [0.1, 0.15) is 5.75 Å². The summed E-state index contributed by atoms with van der Waals surface area (Å²) in [7, 11) is 0. The third-order valence-electron chi connectivity index (χ3n) is 2.53. The molecule has 1 rings (SSSR count). The quantitative estimate of drug-likeness (QED) is 0.638. The molecular formula is C14H20N2O5. The van der Waals surface area contributed by atoms with Crippen LogP contribution in [0.25, 0.3) is 0 Å². The lowest BCUT2D eigenvalue weighted by Crippen LogP contribution is -2.43. The van der Waals surface area contributed by atoms with E-state index < -0.39 is 11.0 Å². The Labute approximate surface area is 123 Å². The van der Waals surface area contributed by atoms with Gasteiger partial charge in [0.2, 0.25) is 0 Å². The summed E-state index contributed by atoms with van der Waals surface area (Å²) in [6.07, 6.45) is -0.939. The van der Waals surface area contributed by atoms with E-state index in [0.29, 0.717) is 0 Å². The zero-order chi connectivity index (χ0) is 16.2. The summed E-state index contributed by atoms with van der Waals surface area (Å²) >= 11 is 0. The Morgan fingerprint density at radius 2 is 2.10 bits per heavy atom. The maximum Gasteiger partial charge on any atom is 0.270 e. The van der Waals surface area contributed by atoms with Crippen molar-refractivity contribution in [3.8, 4) is 5.75 Å². The summed E-state index contributed by atoms with van der Waals surface area (Å²) in [5, 5.41) is 23.1. The first-order valence-electron chi connectivity index (χ1n) is 6.50. The number of amides is 1. The maximum atomic E-state index is 11.7. The number of ether oxygens (including phenoxy) is 1. The maximum absolute atomic E-state index is 11.7. The molecule has 0 aliphatic carbocycles. The number of nitrogens with one attached hydrogen (secondary N) is 1. The fourth-order valence-corrected chi connectivity index (χ4v) is 1.70. The van der Waals surface area contributed by atoms with E-state index >= 15 is 0 Å². The normalized spacial score (nSPS) is 12.6. The van der Waals surface area contributed by atoms with Gasteiger partial charge in [0, 0.05) is 23.2 Å². The van der Waals surface area contributed by atoms with Crippen molar-refractivity contribution in [2.24, 2.45) is 0 Å². The van der Waals surface area contributed by atoms with Crippen LogP contribution in [0.1, 0.15) is 39.4 Å². The van der Waals surface area contributed by atoms with Crippen LogP contribution in [-0.2, 0) is 4.79 Å². The second kappa shape index (κ2) is 6.53. The van der Waals surface area contributed by atoms with Crippen molar-refractivity contribution in [1.82, 2.24) is 5.32 Å². The number of carbonyl (C=O) groups is 1. The van der Waals surface area contributed by atoms with Gasteiger partial charge in [0.25, 0.3) is 11.6 Å². The summed E-state index contributed by atoms with van der Waals surface area (Å²) < 4.78 is 5.35. The van der Waals surface area contributed by atoms with Crippen molar-refractivity contribution in [2.45, 2.75) is 39.3 Å². The van der Waals surface area contributed by atoms with Gasteiger partial charge >= 0.3 is 0 Å². The number of nitrogens with zero attached hydrogens (tertiary/aromatic N) is 1. The van der Waals surface area contributed by atoms with Crippen molar-refractivity contribution in [1.29, 1.82) is 0 Å². The van der Waals surface area contributed by atoms with E-state index in [9.17, 15) is 20.0 Å². The number of hydrogen-bond donors (Lipinski definition) is 2. The zero-order valence-electron chi connectivity index (χ0n) is 12.5. The Morgan fingerprint density at radius 3 is 2.57 bits per heavy atom. The summed E-state index contributed by atoms with van der Waals surface area (Å²) in [6, 6.07) is 3.88. The molecule has 0 aliphatic rings. The van der Waals surface area contributed by atoms with E-state index in [0.717, 1.165) is 0 Å². The highest BCUT2D eigenvalue weighted by atomic mass is 16.6. The molecule has 0 saturated heterocycles. The SMILES string of the molecule is C[C@@H](O)c1cc([N+](=O)[O-])ccc1OCC(=O)NC(C)(C)C. The van der Waals surface area contributed by atoms with Crippen molar-refractivity contribution < 1.29 is 19.6 Å². The third-order valence-corrected chi connectivity index (χ3v) is 2.53. The lowest BCUT2D eigenvalue weighted by Gasteiger charge is -2.21. The molecule has 1 aromatic rings. The summed E-state index contributed by atoms with van der Waals surface area (Å²) in [6.45, 7) is 6.78. The second-order valence-electron chi connectivity index (χ2n) is 5.74. The molecule has 1 amide bonds. The molecule has 0 unspecified atom stereocenters. The van der Waals surface area contributed by atoms with Crippen LogP contribution in [-0.4, -0.2) is 28.1 Å². The van der Waals surface area contributed by atoms with Gasteiger partial charge in [0.15, 0.2) is 6.61 Å². The first kappa shape index (κ1) is 16.9. The van der Waals surface area contributed by atoms with Crippen LogP contribution in [0.3, 0.4) is 0 Å². The number of aliphatic hydroxyl groups excluding tert-OH is 1. The molecule has 1 atom stereocenters. The standard InChI is InChI=1S/C14H20N2O5/c1-9(17)11-7-10(16(19)20)5-6-12(11)21-8-13(18)15-14(2,3)4/h5-7,9,17H,8H2,1-4H3,(H,15,18)/t9-/m1/s1. The Kier molecular flexibility index (Phi) is 5.26. The predicted octanol–water partition coefficient (Wildman–Crippen LogP) is 1.94. The number of aliphatic hydroxyl groups is 1. The molecule has 0 saturated carbocycles. The van der Waals surface area contributed by atoms with Gasteiger partial charge in [-0.25, -0.2) is 0 Å². The van der Waals surface area contributed by atoms with Crippen LogP contribution < -0.4 is 10.1 Å². The predicted molar refractivity (Wildman–Crippen MR) is 77.1 cm³/mol. The molecule has 116 valence electrons. The van der Waals surface area contributed by atoms with E-state index in [2.05, 4.69) is 5.32 Å². The molecule has 0 bridgehead atoms. The van der Waals surface area contributed by atoms with Crippen LogP contribution >= 0.6 is 0 Å². The minimum absolute atomic E-state index is 0.141. The van der Waals surface area contributed by atoms with Crippen LogP contribution in [0.5, 0.6) is 5.75 Å². The van der Waals surface area contributed by atoms with Gasteiger partial charge in [-0.2, -0.15) is 0 Å². The molecule has 0 heterocycles. The van der Waals surface area contributed by atoms with Gasteiger partial charge in [0.05, 0.1) is 11.0 Å². The Morgan fingerprint density at radius 1 is 1.48 bits per heavy atom. The highest BCUT2D eigenvalue weighted by Gasteiger charge is 2.18. The number of rotatable bonds is 5. The van der Waals surface area contributed by atoms with Crippen molar-refractivity contribution >= 4 is 11.6 Å². The molecule has 2 N–H and O–H groups in total. The van der Waals surface area contributed by atoms with E-state index in [4.69, 9.17) is 4.74 Å². The number of nitro groups is 1. The molecule has 1 aromatic carbocycles. The monoisotopic (exact) mass is 296 g/mol. The molecule has 0 radical (unpaired) electrons. The molecule has 0 aromatic heterocycles. The topological polar surface area (TPSA) is 102 Å². The zero-order valence-corrected chi connectivity index (χ0v) is 12.5. The van der Waals surface area contributed by atoms with Crippen molar-refractivity contribution in [3.05, 3.63) is 33.9 Å². The van der Waals surface area contributed by atoms with E-state index in [-0.39, 0.29) is 35.1 Å². The molecule has 0 fully saturated rings. The lowest BCUT2D eigenvalue weighted by molar-refractivity contribution is -0.385. The minimum Gasteiger partial charge on any atom is -0.483 e. The van der Waals surface area contributed by atoms with Gasteiger partial charge < -0.3 is 15.2 Å². The van der Waals surface area contributed by atoms with Gasteiger partial charge in [-0.3, -0.25) is 14.9 Å². The number of benzene rings is 1. The van der Waals surface area contributed by atoms with Crippen molar-refractivity contribution in [3.63, 3.8) is 0 Å².